The van der Waals surface area contributed by atoms with Crippen molar-refractivity contribution in [2.24, 2.45) is 0 Å². The largest absolute Gasteiger partial charge is 0.418 e. The van der Waals surface area contributed by atoms with E-state index in [9.17, 15) is 18.4 Å². The van der Waals surface area contributed by atoms with Crippen LogP contribution in [0.15, 0.2) is 18.2 Å². The molecule has 0 aliphatic rings. The first-order valence-electron chi connectivity index (χ1n) is 6.59. The molecule has 0 spiro atoms. The molecule has 2 heterocycles. The molecule has 1 aromatic carbocycles. The number of hydrogen-bond acceptors (Lipinski definition) is 3. The van der Waals surface area contributed by atoms with Gasteiger partial charge >= 0.3 is 6.18 Å². The zero-order chi connectivity index (χ0) is 16.2. The number of nitrogens with zero attached hydrogens (tertiary/aromatic N) is 2. The Kier molecular flexibility index (Phi) is 3.11. The van der Waals surface area contributed by atoms with E-state index in [0.717, 1.165) is 17.4 Å². The van der Waals surface area contributed by atoms with E-state index in [1.54, 1.807) is 24.5 Å². The van der Waals surface area contributed by atoms with Crippen LogP contribution in [0.2, 0.25) is 0 Å². The maximum absolute atomic E-state index is 13.4. The fourth-order valence-corrected chi connectivity index (χ4v) is 3.84. The normalized spacial score (nSPS) is 12.4. The summed E-state index contributed by atoms with van der Waals surface area (Å²) in [7, 11) is 0. The number of nitrogen functional groups attached to an aromatic ring is 1. The van der Waals surface area contributed by atoms with E-state index in [1.807, 2.05) is 6.07 Å². The number of halogens is 3. The molecule has 22 heavy (non-hydrogen) atoms. The fourth-order valence-electron chi connectivity index (χ4n) is 2.80. The third-order valence-electron chi connectivity index (χ3n) is 3.61. The van der Waals surface area contributed by atoms with Crippen molar-refractivity contribution in [2.45, 2.75) is 26.1 Å². The molecular formula is C15H12F3N3S. The number of aromatic nitrogens is 1. The highest BCUT2D eigenvalue weighted by molar-refractivity contribution is 7.24. The highest BCUT2D eigenvalue weighted by atomic mass is 32.1. The quantitative estimate of drug-likeness (QED) is 0.692. The third-order valence-corrected chi connectivity index (χ3v) is 4.65. The van der Waals surface area contributed by atoms with Crippen LogP contribution < -0.4 is 5.73 Å². The Bertz CT molecular complexity index is 926. The molecule has 3 nitrogen and oxygen atoms in total. The number of nitrogens with two attached hydrogens (primary N) is 1. The van der Waals surface area contributed by atoms with Crippen LogP contribution in [0.5, 0.6) is 0 Å². The van der Waals surface area contributed by atoms with Crippen molar-refractivity contribution in [1.29, 1.82) is 5.26 Å². The van der Waals surface area contributed by atoms with Gasteiger partial charge in [-0.05, 0) is 19.9 Å². The Morgan fingerprint density at radius 2 is 1.95 bits per heavy atom. The fraction of sp³-hybridized carbons (Fsp3) is 0.267. The van der Waals surface area contributed by atoms with E-state index in [4.69, 9.17) is 5.73 Å². The van der Waals surface area contributed by atoms with Gasteiger partial charge in [-0.3, -0.25) is 0 Å². The lowest BCUT2D eigenvalue weighted by molar-refractivity contribution is -0.136. The first-order chi connectivity index (χ1) is 10.3. The number of hydrogen-bond donors (Lipinski definition) is 1. The van der Waals surface area contributed by atoms with Gasteiger partial charge in [0.15, 0.2) is 0 Å². The number of anilines is 1. The minimum atomic E-state index is -4.45. The van der Waals surface area contributed by atoms with Gasteiger partial charge in [0.05, 0.1) is 21.3 Å². The van der Waals surface area contributed by atoms with Crippen LogP contribution >= 0.6 is 11.3 Å². The van der Waals surface area contributed by atoms with Crippen molar-refractivity contribution in [3.63, 3.8) is 0 Å². The molecule has 3 aromatic rings. The maximum Gasteiger partial charge on any atom is 0.418 e. The number of nitriles is 1. The molecule has 0 fully saturated rings. The molecule has 0 unspecified atom stereocenters. The Morgan fingerprint density at radius 3 is 2.50 bits per heavy atom. The zero-order valence-corrected chi connectivity index (χ0v) is 12.6. The maximum atomic E-state index is 13.4. The minimum Gasteiger partial charge on any atom is -0.389 e. The predicted octanol–water partition coefficient (Wildman–Crippen LogP) is 4.91. The summed E-state index contributed by atoms with van der Waals surface area (Å²) in [5.41, 5.74) is 6.02. The van der Waals surface area contributed by atoms with Crippen LogP contribution in [0, 0.1) is 11.3 Å². The van der Waals surface area contributed by atoms with Gasteiger partial charge in [-0.1, -0.05) is 12.1 Å². The number of thiophene rings is 1. The first kappa shape index (κ1) is 14.7. The minimum absolute atomic E-state index is 0.114. The van der Waals surface area contributed by atoms with Crippen LogP contribution in [0.1, 0.15) is 31.0 Å². The van der Waals surface area contributed by atoms with Crippen molar-refractivity contribution < 1.29 is 13.2 Å². The average molecular weight is 323 g/mol. The summed E-state index contributed by atoms with van der Waals surface area (Å²) in [4.78, 5) is 0. The third kappa shape index (κ3) is 1.87. The average Bonchev–Trinajstić information content (AvgIpc) is 2.89. The summed E-state index contributed by atoms with van der Waals surface area (Å²) < 4.78 is 42.3. The van der Waals surface area contributed by atoms with E-state index in [0.29, 0.717) is 20.6 Å². The monoisotopic (exact) mass is 323 g/mol. The van der Waals surface area contributed by atoms with E-state index in [-0.39, 0.29) is 17.1 Å². The van der Waals surface area contributed by atoms with Crippen molar-refractivity contribution in [1.82, 2.24) is 4.57 Å². The lowest BCUT2D eigenvalue weighted by Gasteiger charge is -2.16. The molecule has 0 aliphatic carbocycles. The smallest absolute Gasteiger partial charge is 0.389 e. The van der Waals surface area contributed by atoms with Crippen molar-refractivity contribution in [2.75, 3.05) is 5.73 Å². The van der Waals surface area contributed by atoms with Crippen molar-refractivity contribution in [3.05, 3.63) is 29.3 Å². The summed E-state index contributed by atoms with van der Waals surface area (Å²) in [5, 5.41) is 10.1. The topological polar surface area (TPSA) is 54.7 Å². The van der Waals surface area contributed by atoms with Crippen molar-refractivity contribution in [3.8, 4) is 6.07 Å². The van der Waals surface area contributed by atoms with Gasteiger partial charge in [0.2, 0.25) is 0 Å². The van der Waals surface area contributed by atoms with E-state index in [2.05, 4.69) is 0 Å². The molecule has 2 N–H and O–H groups in total. The Morgan fingerprint density at radius 1 is 1.27 bits per heavy atom. The highest BCUT2D eigenvalue weighted by Crippen LogP contribution is 2.45. The van der Waals surface area contributed by atoms with Gasteiger partial charge < -0.3 is 10.3 Å². The zero-order valence-electron chi connectivity index (χ0n) is 11.8. The number of fused-ring (bicyclic) bond motifs is 3. The van der Waals surface area contributed by atoms with Gasteiger partial charge in [-0.15, -0.1) is 11.3 Å². The molecule has 0 saturated heterocycles. The van der Waals surface area contributed by atoms with E-state index >= 15 is 0 Å². The van der Waals surface area contributed by atoms with Crippen molar-refractivity contribution >= 4 is 37.5 Å². The molecule has 0 radical (unpaired) electrons. The Balaban J connectivity index is 2.62. The summed E-state index contributed by atoms with van der Waals surface area (Å²) in [6, 6.07) is 5.88. The van der Waals surface area contributed by atoms with Crippen LogP contribution in [0.3, 0.4) is 0 Å². The molecule has 7 heteroatoms. The number of para-hydroxylation sites is 1. The van der Waals surface area contributed by atoms with E-state index < -0.39 is 11.7 Å². The van der Waals surface area contributed by atoms with Gasteiger partial charge in [0, 0.05) is 11.4 Å². The van der Waals surface area contributed by atoms with Crippen LogP contribution in [0.4, 0.5) is 18.2 Å². The van der Waals surface area contributed by atoms with Crippen LogP contribution in [-0.4, -0.2) is 4.57 Å². The van der Waals surface area contributed by atoms with Gasteiger partial charge in [0.1, 0.15) is 16.6 Å². The summed E-state index contributed by atoms with van der Waals surface area (Å²) in [6.45, 7) is 3.59. The molecule has 2 aromatic heterocycles. The molecule has 0 aliphatic heterocycles. The van der Waals surface area contributed by atoms with E-state index in [1.165, 1.54) is 6.07 Å². The molecule has 114 valence electrons. The Labute approximate surface area is 128 Å². The number of rotatable bonds is 1. The molecule has 0 saturated carbocycles. The lowest BCUT2D eigenvalue weighted by atomic mass is 10.1. The second kappa shape index (κ2) is 4.65. The molecule has 3 rings (SSSR count). The highest BCUT2D eigenvalue weighted by Gasteiger charge is 2.35. The summed E-state index contributed by atoms with van der Waals surface area (Å²) >= 11 is 1.16. The molecular weight excluding hydrogens is 311 g/mol. The van der Waals surface area contributed by atoms with Gasteiger partial charge in [0.25, 0.3) is 0 Å². The SMILES string of the molecule is CC(C)n1c2c(C(F)(F)F)cccc2c2sc(N)c(C#N)c21. The lowest BCUT2D eigenvalue weighted by Crippen LogP contribution is -2.10. The van der Waals surface area contributed by atoms with Crippen LogP contribution in [0.25, 0.3) is 21.1 Å². The summed E-state index contributed by atoms with van der Waals surface area (Å²) in [5.74, 6) is 0. The second-order valence-corrected chi connectivity index (χ2v) is 6.35. The molecule has 0 atom stereocenters. The standard InChI is InChI=1S/C15H12F3N3S/c1-7(2)21-11-8(4-3-5-10(11)15(16,17)18)13-12(21)9(6-19)14(20)22-13/h3-5,7H,20H2,1-2H3. The number of benzene rings is 1. The molecule has 0 amide bonds. The Hall–Kier alpha value is -2.20. The molecule has 0 bridgehead atoms. The van der Waals surface area contributed by atoms with Gasteiger partial charge in [-0.25, -0.2) is 0 Å². The van der Waals surface area contributed by atoms with Gasteiger partial charge in [-0.2, -0.15) is 18.4 Å². The number of alkyl halides is 3. The second-order valence-electron chi connectivity index (χ2n) is 5.29. The van der Waals surface area contributed by atoms with Crippen LogP contribution in [-0.2, 0) is 6.18 Å². The summed E-state index contributed by atoms with van der Waals surface area (Å²) in [6.07, 6.45) is -4.45. The predicted molar refractivity (Wildman–Crippen MR) is 81.8 cm³/mol. The first-order valence-corrected chi connectivity index (χ1v) is 7.41.